The summed E-state index contributed by atoms with van der Waals surface area (Å²) >= 11 is 0. The van der Waals surface area contributed by atoms with Gasteiger partial charge in [-0.25, -0.2) is 0 Å². The molecule has 2 heterocycles. The number of nitrogens with two attached hydrogens (primary N) is 1. The van der Waals surface area contributed by atoms with Crippen LogP contribution in [0.3, 0.4) is 0 Å². The van der Waals surface area contributed by atoms with Crippen molar-refractivity contribution in [3.63, 3.8) is 0 Å². The Hall–Kier alpha value is -2.25. The molecule has 3 rings (SSSR count). The number of hydroxylamine groups is 1. The van der Waals surface area contributed by atoms with Crippen LogP contribution in [0.15, 0.2) is 24.3 Å². The van der Waals surface area contributed by atoms with E-state index in [1.807, 2.05) is 12.1 Å². The molecule has 1 atom stereocenters. The fourth-order valence-corrected chi connectivity index (χ4v) is 2.48. The Morgan fingerprint density at radius 3 is 3.00 bits per heavy atom. The van der Waals surface area contributed by atoms with Crippen LogP contribution in [0, 0.1) is 0 Å². The molecule has 1 saturated heterocycles. The molecule has 1 aromatic carbocycles. The maximum atomic E-state index is 10.9. The minimum atomic E-state index is -0.545. The van der Waals surface area contributed by atoms with Crippen LogP contribution in [-0.2, 0) is 14.4 Å². The van der Waals surface area contributed by atoms with Crippen LogP contribution in [0.2, 0.25) is 0 Å². The van der Waals surface area contributed by atoms with Crippen molar-refractivity contribution in [3.05, 3.63) is 29.8 Å². The van der Waals surface area contributed by atoms with Gasteiger partial charge in [0, 0.05) is 18.6 Å². The number of rotatable bonds is 5. The molecule has 0 radical (unpaired) electrons. The smallest absolute Gasteiger partial charge is 0.255 e. The summed E-state index contributed by atoms with van der Waals surface area (Å²) in [7, 11) is 1.53. The fraction of sp³-hybridized carbons (Fsp3) is 0.400. The molecule has 1 spiro atoms. The zero-order valence-corrected chi connectivity index (χ0v) is 12.3. The Bertz CT molecular complexity index is 608. The number of benzene rings is 1. The normalized spacial score (nSPS) is 23.2. The molecule has 1 amide bonds. The SMILES string of the molecule is COc1ccc(C2=CC3(CCOC3)ON2)cc1OCC(N)=O. The molecule has 1 fully saturated rings. The molecule has 1 unspecified atom stereocenters. The largest absolute Gasteiger partial charge is 0.493 e. The average molecular weight is 306 g/mol. The first-order valence-corrected chi connectivity index (χ1v) is 6.96. The van der Waals surface area contributed by atoms with Crippen LogP contribution < -0.4 is 20.7 Å². The fourth-order valence-electron chi connectivity index (χ4n) is 2.48. The molecule has 1 aromatic rings. The zero-order chi connectivity index (χ0) is 15.6. The van der Waals surface area contributed by atoms with Gasteiger partial charge in [-0.2, -0.15) is 0 Å². The maximum absolute atomic E-state index is 10.9. The van der Waals surface area contributed by atoms with E-state index in [2.05, 4.69) is 5.48 Å². The minimum Gasteiger partial charge on any atom is -0.493 e. The van der Waals surface area contributed by atoms with E-state index in [-0.39, 0.29) is 6.61 Å². The molecule has 2 aliphatic heterocycles. The first kappa shape index (κ1) is 14.7. The second-order valence-electron chi connectivity index (χ2n) is 5.25. The summed E-state index contributed by atoms with van der Waals surface area (Å²) in [6.07, 6.45) is 2.82. The molecule has 7 heteroatoms. The maximum Gasteiger partial charge on any atom is 0.255 e. The standard InChI is InChI=1S/C15H18N2O5/c1-19-12-3-2-10(6-13(12)21-8-14(16)18)11-7-15(22-17-11)4-5-20-9-15/h2-3,6-7,17H,4-5,8-9H2,1H3,(H2,16,18). The van der Waals surface area contributed by atoms with E-state index in [1.165, 1.54) is 7.11 Å². The van der Waals surface area contributed by atoms with E-state index in [0.717, 1.165) is 17.7 Å². The van der Waals surface area contributed by atoms with Gasteiger partial charge in [0.05, 0.1) is 19.4 Å². The van der Waals surface area contributed by atoms with Crippen molar-refractivity contribution >= 4 is 11.6 Å². The molecule has 0 aromatic heterocycles. The van der Waals surface area contributed by atoms with Gasteiger partial charge in [-0.05, 0) is 24.3 Å². The van der Waals surface area contributed by atoms with Crippen LogP contribution >= 0.6 is 0 Å². The summed E-state index contributed by atoms with van der Waals surface area (Å²) in [4.78, 5) is 16.5. The predicted molar refractivity (Wildman–Crippen MR) is 78.0 cm³/mol. The molecular weight excluding hydrogens is 288 g/mol. The first-order valence-electron chi connectivity index (χ1n) is 6.96. The van der Waals surface area contributed by atoms with Crippen molar-refractivity contribution < 1.29 is 23.8 Å². The summed E-state index contributed by atoms with van der Waals surface area (Å²) in [5.74, 6) is 0.435. The van der Waals surface area contributed by atoms with Gasteiger partial charge in [0.25, 0.3) is 5.91 Å². The van der Waals surface area contributed by atoms with Crippen molar-refractivity contribution in [1.29, 1.82) is 0 Å². The Kier molecular flexibility index (Phi) is 3.91. The van der Waals surface area contributed by atoms with Crippen molar-refractivity contribution in [2.24, 2.45) is 5.73 Å². The third kappa shape index (κ3) is 2.86. The second-order valence-corrected chi connectivity index (χ2v) is 5.25. The predicted octanol–water partition coefficient (Wildman–Crippen LogP) is 0.594. The molecule has 0 saturated carbocycles. The van der Waals surface area contributed by atoms with Gasteiger partial charge in [-0.1, -0.05) is 0 Å². The number of carbonyl (C=O) groups is 1. The lowest BCUT2D eigenvalue weighted by Gasteiger charge is -2.15. The minimum absolute atomic E-state index is 0.208. The van der Waals surface area contributed by atoms with Gasteiger partial charge in [-0.3, -0.25) is 15.1 Å². The second kappa shape index (κ2) is 5.86. The molecule has 0 aliphatic carbocycles. The Morgan fingerprint density at radius 2 is 2.32 bits per heavy atom. The average Bonchev–Trinajstić information content (AvgIpc) is 3.15. The number of primary amides is 1. The van der Waals surface area contributed by atoms with E-state index in [9.17, 15) is 4.79 Å². The molecule has 3 N–H and O–H groups in total. The highest BCUT2D eigenvalue weighted by molar-refractivity contribution is 5.75. The number of ether oxygens (including phenoxy) is 3. The molecular formula is C15H18N2O5. The quantitative estimate of drug-likeness (QED) is 0.827. The van der Waals surface area contributed by atoms with Crippen LogP contribution in [0.5, 0.6) is 11.5 Å². The van der Waals surface area contributed by atoms with Crippen molar-refractivity contribution in [2.45, 2.75) is 12.0 Å². The zero-order valence-electron chi connectivity index (χ0n) is 12.3. The Balaban J connectivity index is 1.85. The molecule has 7 nitrogen and oxygen atoms in total. The van der Waals surface area contributed by atoms with E-state index >= 15 is 0 Å². The van der Waals surface area contributed by atoms with Crippen molar-refractivity contribution in [1.82, 2.24) is 5.48 Å². The summed E-state index contributed by atoms with van der Waals surface area (Å²) < 4.78 is 16.0. The monoisotopic (exact) mass is 306 g/mol. The van der Waals surface area contributed by atoms with Crippen LogP contribution in [0.25, 0.3) is 5.70 Å². The first-order chi connectivity index (χ1) is 10.6. The highest BCUT2D eigenvalue weighted by atomic mass is 16.7. The van der Waals surface area contributed by atoms with Crippen molar-refractivity contribution in [2.75, 3.05) is 26.9 Å². The number of hydrogen-bond donors (Lipinski definition) is 2. The lowest BCUT2D eigenvalue weighted by Crippen LogP contribution is -2.29. The van der Waals surface area contributed by atoms with Gasteiger partial charge >= 0.3 is 0 Å². The molecule has 22 heavy (non-hydrogen) atoms. The van der Waals surface area contributed by atoms with E-state index in [4.69, 9.17) is 24.8 Å². The topological polar surface area (TPSA) is 92.0 Å². The molecule has 0 bridgehead atoms. The number of methoxy groups -OCH3 is 1. The van der Waals surface area contributed by atoms with E-state index < -0.39 is 11.5 Å². The highest BCUT2D eigenvalue weighted by Gasteiger charge is 2.39. The number of carbonyl (C=O) groups excluding carboxylic acids is 1. The van der Waals surface area contributed by atoms with Crippen LogP contribution in [0.4, 0.5) is 0 Å². The van der Waals surface area contributed by atoms with Gasteiger partial charge in [0.2, 0.25) is 0 Å². The number of nitrogens with one attached hydrogen (secondary N) is 1. The number of hydrogen-bond acceptors (Lipinski definition) is 6. The van der Waals surface area contributed by atoms with Gasteiger partial charge in [0.1, 0.15) is 5.60 Å². The Morgan fingerprint density at radius 1 is 1.45 bits per heavy atom. The lowest BCUT2D eigenvalue weighted by atomic mass is 10.0. The third-order valence-electron chi connectivity index (χ3n) is 3.63. The van der Waals surface area contributed by atoms with Crippen LogP contribution in [-0.4, -0.2) is 38.4 Å². The van der Waals surface area contributed by atoms with E-state index in [0.29, 0.717) is 24.7 Å². The third-order valence-corrected chi connectivity index (χ3v) is 3.63. The van der Waals surface area contributed by atoms with Gasteiger partial charge in [-0.15, -0.1) is 0 Å². The summed E-state index contributed by atoms with van der Waals surface area (Å²) in [6.45, 7) is 1.01. The van der Waals surface area contributed by atoms with Crippen molar-refractivity contribution in [3.8, 4) is 11.5 Å². The summed E-state index contributed by atoms with van der Waals surface area (Å²) in [5, 5.41) is 0. The Labute approximate surface area is 127 Å². The summed E-state index contributed by atoms with van der Waals surface area (Å²) in [5.41, 5.74) is 9.33. The van der Waals surface area contributed by atoms with Gasteiger partial charge < -0.3 is 19.9 Å². The van der Waals surface area contributed by atoms with Gasteiger partial charge in [0.15, 0.2) is 18.1 Å². The molecule has 118 valence electrons. The molecule has 2 aliphatic rings. The van der Waals surface area contributed by atoms with Crippen LogP contribution in [0.1, 0.15) is 12.0 Å². The lowest BCUT2D eigenvalue weighted by molar-refractivity contribution is -0.119. The number of amides is 1. The highest BCUT2D eigenvalue weighted by Crippen LogP contribution is 2.35. The summed E-state index contributed by atoms with van der Waals surface area (Å²) in [6, 6.07) is 5.43. The van der Waals surface area contributed by atoms with E-state index in [1.54, 1.807) is 12.1 Å².